The van der Waals surface area contributed by atoms with Gasteiger partial charge >= 0.3 is 0 Å². The van der Waals surface area contributed by atoms with Gasteiger partial charge in [-0.25, -0.2) is 0 Å². The van der Waals surface area contributed by atoms with E-state index in [1.165, 1.54) is 44.9 Å². The molecule has 0 rings (SSSR count). The van der Waals surface area contributed by atoms with Crippen LogP contribution in [0.1, 0.15) is 86.5 Å². The Labute approximate surface area is 116 Å². The average molecular weight is 252 g/mol. The molecule has 0 aliphatic rings. The molecule has 1 atom stereocenters. The summed E-state index contributed by atoms with van der Waals surface area (Å²) < 4.78 is 0. The van der Waals surface area contributed by atoms with Crippen molar-refractivity contribution in [1.29, 1.82) is 0 Å². The number of allylic oxidation sites excluding steroid dienone is 2. The van der Waals surface area contributed by atoms with Crippen LogP contribution in [0, 0.1) is 17.8 Å². The third kappa shape index (κ3) is 9.74. The third-order valence-corrected chi connectivity index (χ3v) is 3.57. The molecule has 0 heterocycles. The molecule has 0 aromatic carbocycles. The first-order valence-electron chi connectivity index (χ1n) is 8.16. The van der Waals surface area contributed by atoms with Crippen molar-refractivity contribution in [3.8, 4) is 0 Å². The Bertz CT molecular complexity index is 210. The Morgan fingerprint density at radius 1 is 0.889 bits per heavy atom. The van der Waals surface area contributed by atoms with Crippen LogP contribution < -0.4 is 0 Å². The molecule has 18 heavy (non-hydrogen) atoms. The number of hydrogen-bond acceptors (Lipinski definition) is 0. The van der Waals surface area contributed by atoms with E-state index in [4.69, 9.17) is 0 Å². The molecule has 0 saturated carbocycles. The average Bonchev–Trinajstić information content (AvgIpc) is 2.25. The number of rotatable bonds is 10. The van der Waals surface area contributed by atoms with Crippen LogP contribution in [0.15, 0.2) is 11.6 Å². The first-order valence-corrected chi connectivity index (χ1v) is 8.16. The maximum Gasteiger partial charge on any atom is -0.0229 e. The second-order valence-electron chi connectivity index (χ2n) is 6.76. The fourth-order valence-electron chi connectivity index (χ4n) is 2.67. The Hall–Kier alpha value is -0.260. The van der Waals surface area contributed by atoms with Crippen molar-refractivity contribution in [2.24, 2.45) is 17.8 Å². The van der Waals surface area contributed by atoms with E-state index in [1.54, 1.807) is 5.57 Å². The minimum absolute atomic E-state index is 0.776. The van der Waals surface area contributed by atoms with Gasteiger partial charge < -0.3 is 0 Å². The molecule has 0 aromatic rings. The summed E-state index contributed by atoms with van der Waals surface area (Å²) in [5.41, 5.74) is 1.72. The van der Waals surface area contributed by atoms with E-state index in [1.807, 2.05) is 0 Å². The lowest BCUT2D eigenvalue weighted by Gasteiger charge is -2.20. The highest BCUT2D eigenvalue weighted by molar-refractivity contribution is 5.06. The summed E-state index contributed by atoms with van der Waals surface area (Å²) in [7, 11) is 0. The van der Waals surface area contributed by atoms with Gasteiger partial charge in [0.2, 0.25) is 0 Å². The molecule has 0 heteroatoms. The predicted molar refractivity (Wildman–Crippen MR) is 84.9 cm³/mol. The molecule has 0 fully saturated rings. The Morgan fingerprint density at radius 2 is 1.56 bits per heavy atom. The maximum atomic E-state index is 2.56. The summed E-state index contributed by atoms with van der Waals surface area (Å²) in [4.78, 5) is 0. The molecule has 0 amide bonds. The summed E-state index contributed by atoms with van der Waals surface area (Å²) in [5, 5.41) is 0. The molecule has 0 aliphatic heterocycles. The molecule has 0 N–H and O–H groups in total. The highest BCUT2D eigenvalue weighted by Crippen LogP contribution is 2.26. The number of hydrogen-bond donors (Lipinski definition) is 0. The summed E-state index contributed by atoms with van der Waals surface area (Å²) in [6.45, 7) is 14.1. The van der Waals surface area contributed by atoms with E-state index < -0.39 is 0 Å². The van der Waals surface area contributed by atoms with Crippen LogP contribution in [0.25, 0.3) is 0 Å². The van der Waals surface area contributed by atoms with Gasteiger partial charge in [0.05, 0.1) is 0 Å². The van der Waals surface area contributed by atoms with Gasteiger partial charge in [0.15, 0.2) is 0 Å². The van der Waals surface area contributed by atoms with Crippen molar-refractivity contribution in [3.05, 3.63) is 11.6 Å². The lowest BCUT2D eigenvalue weighted by atomic mass is 9.86. The van der Waals surface area contributed by atoms with E-state index in [9.17, 15) is 0 Å². The lowest BCUT2D eigenvalue weighted by molar-refractivity contribution is 0.458. The van der Waals surface area contributed by atoms with Crippen LogP contribution in [-0.2, 0) is 0 Å². The molecular formula is C18H36. The normalized spacial score (nSPS) is 14.6. The standard InChI is InChI=1S/C18H36/c1-7-8-9-10-11-12-18(14-16(4)5)17(6)13-15(2)3/h12,15-17H,7-11,13-14H2,1-6H3/b18-12+. The Morgan fingerprint density at radius 3 is 2.06 bits per heavy atom. The van der Waals surface area contributed by atoms with E-state index >= 15 is 0 Å². The van der Waals surface area contributed by atoms with E-state index in [0.717, 1.165) is 17.8 Å². The van der Waals surface area contributed by atoms with Crippen LogP contribution in [-0.4, -0.2) is 0 Å². The van der Waals surface area contributed by atoms with Gasteiger partial charge in [-0.2, -0.15) is 0 Å². The van der Waals surface area contributed by atoms with Gasteiger partial charge in [-0.3, -0.25) is 0 Å². The summed E-state index contributed by atoms with van der Waals surface area (Å²) in [6, 6.07) is 0. The van der Waals surface area contributed by atoms with Crippen LogP contribution in [0.3, 0.4) is 0 Å². The van der Waals surface area contributed by atoms with Crippen LogP contribution in [0.4, 0.5) is 0 Å². The fourth-order valence-corrected chi connectivity index (χ4v) is 2.67. The molecular weight excluding hydrogens is 216 g/mol. The van der Waals surface area contributed by atoms with Crippen molar-refractivity contribution in [1.82, 2.24) is 0 Å². The Kier molecular flexibility index (Phi) is 10.5. The van der Waals surface area contributed by atoms with Crippen molar-refractivity contribution in [3.63, 3.8) is 0 Å². The van der Waals surface area contributed by atoms with Gasteiger partial charge in [0.25, 0.3) is 0 Å². The van der Waals surface area contributed by atoms with Gasteiger partial charge in [0.1, 0.15) is 0 Å². The van der Waals surface area contributed by atoms with Gasteiger partial charge in [-0.15, -0.1) is 0 Å². The number of unbranched alkanes of at least 4 members (excludes halogenated alkanes) is 4. The minimum atomic E-state index is 0.776. The van der Waals surface area contributed by atoms with Crippen molar-refractivity contribution in [2.75, 3.05) is 0 Å². The summed E-state index contributed by atoms with van der Waals surface area (Å²) >= 11 is 0. The van der Waals surface area contributed by atoms with Crippen molar-refractivity contribution >= 4 is 0 Å². The molecule has 0 saturated heterocycles. The van der Waals surface area contributed by atoms with Crippen LogP contribution in [0.5, 0.6) is 0 Å². The predicted octanol–water partition coefficient (Wildman–Crippen LogP) is 6.61. The zero-order valence-corrected chi connectivity index (χ0v) is 13.8. The van der Waals surface area contributed by atoms with Gasteiger partial charge in [0, 0.05) is 0 Å². The second-order valence-corrected chi connectivity index (χ2v) is 6.76. The molecule has 0 aliphatic carbocycles. The molecule has 0 aromatic heterocycles. The highest BCUT2D eigenvalue weighted by atomic mass is 14.2. The summed E-state index contributed by atoms with van der Waals surface area (Å²) in [6.07, 6.45) is 12.0. The van der Waals surface area contributed by atoms with E-state index in [-0.39, 0.29) is 0 Å². The molecule has 0 nitrogen and oxygen atoms in total. The molecule has 0 bridgehead atoms. The van der Waals surface area contributed by atoms with Crippen LogP contribution >= 0.6 is 0 Å². The first-order chi connectivity index (χ1) is 8.47. The van der Waals surface area contributed by atoms with Crippen molar-refractivity contribution in [2.45, 2.75) is 86.5 Å². The van der Waals surface area contributed by atoms with Crippen LogP contribution in [0.2, 0.25) is 0 Å². The minimum Gasteiger partial charge on any atom is -0.0851 e. The molecule has 0 radical (unpaired) electrons. The fraction of sp³-hybridized carbons (Fsp3) is 0.889. The van der Waals surface area contributed by atoms with Gasteiger partial charge in [-0.1, -0.05) is 72.5 Å². The largest absolute Gasteiger partial charge is 0.0851 e. The summed E-state index contributed by atoms with van der Waals surface area (Å²) in [5.74, 6) is 2.38. The first kappa shape index (κ1) is 17.7. The third-order valence-electron chi connectivity index (χ3n) is 3.57. The van der Waals surface area contributed by atoms with Gasteiger partial charge in [-0.05, 0) is 43.4 Å². The smallest absolute Gasteiger partial charge is 0.0229 e. The molecule has 0 spiro atoms. The quantitative estimate of drug-likeness (QED) is 0.303. The zero-order valence-electron chi connectivity index (χ0n) is 13.8. The topological polar surface area (TPSA) is 0 Å². The lowest BCUT2D eigenvalue weighted by Crippen LogP contribution is -2.06. The SMILES string of the molecule is CCCCCC/C=C(\CC(C)C)C(C)CC(C)C. The second kappa shape index (κ2) is 10.6. The Balaban J connectivity index is 4.23. The molecule has 108 valence electrons. The zero-order chi connectivity index (χ0) is 14.0. The van der Waals surface area contributed by atoms with Crippen molar-refractivity contribution < 1.29 is 0 Å². The monoisotopic (exact) mass is 252 g/mol. The van der Waals surface area contributed by atoms with E-state index in [0.29, 0.717) is 0 Å². The maximum absolute atomic E-state index is 2.56. The molecule has 1 unspecified atom stereocenters. The van der Waals surface area contributed by atoms with E-state index in [2.05, 4.69) is 47.6 Å². The highest BCUT2D eigenvalue weighted by Gasteiger charge is 2.11.